The fourth-order valence-corrected chi connectivity index (χ4v) is 8.03. The molecule has 0 bridgehead atoms. The highest BCUT2D eigenvalue weighted by molar-refractivity contribution is 8.00. The maximum atomic E-state index is 13.5. The lowest BCUT2D eigenvalue weighted by Gasteiger charge is -2.23. The van der Waals surface area contributed by atoms with Crippen LogP contribution in [-0.4, -0.2) is 36.1 Å². The van der Waals surface area contributed by atoms with Crippen LogP contribution in [0.5, 0.6) is 0 Å². The van der Waals surface area contributed by atoms with E-state index in [-0.39, 0.29) is 24.0 Å². The van der Waals surface area contributed by atoms with E-state index in [0.29, 0.717) is 38.2 Å². The number of thiophene rings is 1. The number of esters is 1. The second kappa shape index (κ2) is 17.1. The van der Waals surface area contributed by atoms with Crippen molar-refractivity contribution in [1.29, 1.82) is 0 Å². The van der Waals surface area contributed by atoms with E-state index in [4.69, 9.17) is 4.74 Å². The van der Waals surface area contributed by atoms with Gasteiger partial charge >= 0.3 is 5.97 Å². The van der Waals surface area contributed by atoms with Gasteiger partial charge in [0, 0.05) is 21.0 Å². The Morgan fingerprint density at radius 3 is 2.37 bits per heavy atom. The first-order chi connectivity index (χ1) is 25.3. The molecule has 1 unspecified atom stereocenters. The first-order valence-electron chi connectivity index (χ1n) is 16.8. The molecule has 1 heterocycles. The van der Waals surface area contributed by atoms with Crippen LogP contribution in [0.15, 0.2) is 120 Å². The first-order valence-corrected chi connectivity index (χ1v) is 18.6. The maximum absolute atomic E-state index is 13.5. The number of benzene rings is 4. The average molecular weight is 734 g/mol. The largest absolute Gasteiger partial charge is 0.462 e. The maximum Gasteiger partial charge on any atom is 0.341 e. The first kappa shape index (κ1) is 36.3. The van der Waals surface area contributed by atoms with Crippen LogP contribution in [0.3, 0.4) is 0 Å². The van der Waals surface area contributed by atoms with Gasteiger partial charge < -0.3 is 20.7 Å². The summed E-state index contributed by atoms with van der Waals surface area (Å²) in [5, 5.41) is 8.95. The van der Waals surface area contributed by atoms with Crippen molar-refractivity contribution in [1.82, 2.24) is 5.32 Å². The zero-order valence-electron chi connectivity index (χ0n) is 28.3. The highest BCUT2D eigenvalue weighted by Gasteiger charge is 2.31. The van der Waals surface area contributed by atoms with E-state index in [0.717, 1.165) is 29.7 Å². The minimum Gasteiger partial charge on any atom is -0.462 e. The summed E-state index contributed by atoms with van der Waals surface area (Å²) >= 11 is 2.71. The van der Waals surface area contributed by atoms with E-state index in [1.807, 2.05) is 24.3 Å². The zero-order chi connectivity index (χ0) is 36.5. The average Bonchev–Trinajstić information content (AvgIpc) is 3.52. The molecule has 3 N–H and O–H groups in total. The number of amides is 3. The van der Waals surface area contributed by atoms with E-state index in [1.54, 1.807) is 55.5 Å². The summed E-state index contributed by atoms with van der Waals surface area (Å²) in [6.45, 7) is 1.99. The molecule has 11 heteroatoms. The summed E-state index contributed by atoms with van der Waals surface area (Å²) in [4.78, 5) is 54.6. The molecule has 6 rings (SSSR count). The Labute approximate surface area is 309 Å². The molecular weight excluding hydrogens is 698 g/mol. The Kier molecular flexibility index (Phi) is 11.9. The van der Waals surface area contributed by atoms with Gasteiger partial charge in [0.25, 0.3) is 11.8 Å². The number of ether oxygens (including phenoxy) is 1. The number of fused-ring (bicyclic) bond motifs is 1. The molecule has 1 aliphatic rings. The van der Waals surface area contributed by atoms with Crippen LogP contribution in [-0.2, 0) is 27.2 Å². The summed E-state index contributed by atoms with van der Waals surface area (Å²) in [7, 11) is 0. The van der Waals surface area contributed by atoms with Crippen molar-refractivity contribution in [2.24, 2.45) is 0 Å². The highest BCUT2D eigenvalue weighted by atomic mass is 32.2. The number of hydrogen-bond acceptors (Lipinski definition) is 7. The third-order valence-corrected chi connectivity index (χ3v) is 10.6. The predicted octanol–water partition coefficient (Wildman–Crippen LogP) is 8.48. The molecule has 5 aromatic rings. The van der Waals surface area contributed by atoms with Crippen LogP contribution in [0.2, 0.25) is 0 Å². The summed E-state index contributed by atoms with van der Waals surface area (Å²) < 4.78 is 18.9. The van der Waals surface area contributed by atoms with Crippen LogP contribution in [0.4, 0.5) is 15.1 Å². The number of rotatable bonds is 12. The lowest BCUT2D eigenvalue weighted by Crippen LogP contribution is -2.30. The smallest absolute Gasteiger partial charge is 0.341 e. The number of nitrogens with one attached hydrogen (secondary N) is 3. The lowest BCUT2D eigenvalue weighted by atomic mass is 9.83. The van der Waals surface area contributed by atoms with Gasteiger partial charge in [-0.05, 0) is 97.3 Å². The van der Waals surface area contributed by atoms with Crippen LogP contribution >= 0.6 is 23.1 Å². The molecule has 8 nitrogen and oxygen atoms in total. The van der Waals surface area contributed by atoms with E-state index in [1.165, 1.54) is 59.0 Å². The third kappa shape index (κ3) is 9.22. The Hall–Kier alpha value is -5.52. The number of carbonyl (C=O) groups excluding carboxylic acids is 4. The van der Waals surface area contributed by atoms with Gasteiger partial charge in [-0.2, -0.15) is 0 Å². The molecule has 3 amide bonds. The van der Waals surface area contributed by atoms with Gasteiger partial charge in [0.1, 0.15) is 16.5 Å². The van der Waals surface area contributed by atoms with Gasteiger partial charge in [0.05, 0.1) is 17.9 Å². The molecule has 0 aliphatic heterocycles. The second-order valence-corrected chi connectivity index (χ2v) is 14.2. The quantitative estimate of drug-likeness (QED) is 0.0674. The fraction of sp³-hybridized carbons (Fsp3) is 0.171. The number of hydrogen-bond donors (Lipinski definition) is 3. The van der Waals surface area contributed by atoms with Gasteiger partial charge in [-0.1, -0.05) is 66.7 Å². The van der Waals surface area contributed by atoms with Crippen LogP contribution < -0.4 is 16.0 Å². The van der Waals surface area contributed by atoms with Crippen molar-refractivity contribution in [3.05, 3.63) is 153 Å². The fourth-order valence-electron chi connectivity index (χ4n) is 5.94. The molecular formula is C41H36FN3O5S2. The molecule has 4 aromatic carbocycles. The molecule has 0 saturated carbocycles. The normalized spacial score (nSPS) is 13.8. The van der Waals surface area contributed by atoms with Crippen molar-refractivity contribution >= 4 is 63.6 Å². The molecule has 0 radical (unpaired) electrons. The van der Waals surface area contributed by atoms with Gasteiger partial charge in [-0.3, -0.25) is 14.4 Å². The SMILES string of the molecule is CCOC(=O)c1c(NC(=O)CSc2cccc(NC(=O)/C(=C/c3ccc(F)cc3)NC(=O)c3ccccc3)c2)sc2c1CCC(c1ccccc1)C2. The van der Waals surface area contributed by atoms with E-state index < -0.39 is 23.6 Å². The Bertz CT molecular complexity index is 2100. The minimum absolute atomic E-state index is 0.0379. The number of anilines is 2. The predicted molar refractivity (Wildman–Crippen MR) is 204 cm³/mol. The molecule has 0 saturated heterocycles. The molecule has 1 aliphatic carbocycles. The minimum atomic E-state index is -0.587. The van der Waals surface area contributed by atoms with Crippen LogP contribution in [0, 0.1) is 5.82 Å². The Morgan fingerprint density at radius 2 is 1.63 bits per heavy atom. The molecule has 1 atom stereocenters. The summed E-state index contributed by atoms with van der Waals surface area (Å²) in [5.74, 6) is -1.81. The number of carbonyl (C=O) groups is 4. The van der Waals surface area contributed by atoms with E-state index >= 15 is 0 Å². The summed E-state index contributed by atoms with van der Waals surface area (Å²) in [5.41, 5.74) is 3.95. The van der Waals surface area contributed by atoms with Crippen molar-refractivity contribution in [2.75, 3.05) is 23.0 Å². The second-order valence-electron chi connectivity index (χ2n) is 12.0. The third-order valence-electron chi connectivity index (χ3n) is 8.44. The monoisotopic (exact) mass is 733 g/mol. The number of thioether (sulfide) groups is 1. The van der Waals surface area contributed by atoms with Gasteiger partial charge in [-0.25, -0.2) is 9.18 Å². The Morgan fingerprint density at radius 1 is 0.904 bits per heavy atom. The lowest BCUT2D eigenvalue weighted by molar-refractivity contribution is -0.114. The van der Waals surface area contributed by atoms with Gasteiger partial charge in [0.2, 0.25) is 5.91 Å². The summed E-state index contributed by atoms with van der Waals surface area (Å²) in [6.07, 6.45) is 3.88. The molecule has 0 spiro atoms. The molecule has 1 aromatic heterocycles. The van der Waals surface area contributed by atoms with Gasteiger partial charge in [0.15, 0.2) is 0 Å². The highest BCUT2D eigenvalue weighted by Crippen LogP contribution is 2.43. The van der Waals surface area contributed by atoms with Gasteiger partial charge in [-0.15, -0.1) is 23.1 Å². The van der Waals surface area contributed by atoms with E-state index in [9.17, 15) is 23.6 Å². The topological polar surface area (TPSA) is 114 Å². The molecule has 52 heavy (non-hydrogen) atoms. The van der Waals surface area contributed by atoms with Crippen LogP contribution in [0.25, 0.3) is 6.08 Å². The van der Waals surface area contributed by atoms with Crippen molar-refractivity contribution in [3.63, 3.8) is 0 Å². The van der Waals surface area contributed by atoms with Crippen molar-refractivity contribution in [3.8, 4) is 0 Å². The Balaban J connectivity index is 1.13. The zero-order valence-corrected chi connectivity index (χ0v) is 30.0. The van der Waals surface area contributed by atoms with Crippen molar-refractivity contribution < 1.29 is 28.3 Å². The molecule has 264 valence electrons. The number of halogens is 1. The summed E-state index contributed by atoms with van der Waals surface area (Å²) in [6, 6.07) is 31.3. The van der Waals surface area contributed by atoms with E-state index in [2.05, 4.69) is 28.1 Å². The van der Waals surface area contributed by atoms with Crippen molar-refractivity contribution in [2.45, 2.75) is 37.0 Å². The van der Waals surface area contributed by atoms with Crippen LogP contribution in [0.1, 0.15) is 61.5 Å². The molecule has 0 fully saturated rings. The standard InChI is InChI=1S/C41H36FN3O5S2/c1-2-50-41(49)37-33-21-18-29(27-10-5-3-6-11-27)23-35(33)52-40(37)45-36(46)25-51-32-15-9-14-31(24-32)43-39(48)34(22-26-16-19-30(42)20-17-26)44-38(47)28-12-7-4-8-13-28/h3-17,19-20,22,24,29H,2,18,21,23,25H2,1H3,(H,43,48)(H,44,47)(H,45,46)/b34-22-.